The summed E-state index contributed by atoms with van der Waals surface area (Å²) in [6, 6.07) is 52.3. The Morgan fingerprint density at radius 3 is 1.51 bits per heavy atom. The second kappa shape index (κ2) is 11.4. The lowest BCUT2D eigenvalue weighted by Crippen LogP contribution is -2.58. The molecule has 0 bridgehead atoms. The van der Waals surface area contributed by atoms with Crippen LogP contribution >= 0.6 is 0 Å². The van der Waals surface area contributed by atoms with Crippen LogP contribution in [-0.2, 0) is 5.41 Å². The number of nitrogens with zero attached hydrogens (tertiary/aromatic N) is 1. The third-order valence-electron chi connectivity index (χ3n) is 12.9. The van der Waals surface area contributed by atoms with Gasteiger partial charge in [-0.1, -0.05) is 139 Å². The van der Waals surface area contributed by atoms with Crippen molar-refractivity contribution in [2.75, 3.05) is 11.9 Å². The van der Waals surface area contributed by atoms with Gasteiger partial charge in [-0.25, -0.2) is 0 Å². The van der Waals surface area contributed by atoms with Crippen molar-refractivity contribution in [1.29, 1.82) is 0 Å². The van der Waals surface area contributed by atoms with Gasteiger partial charge in [-0.3, -0.25) is 0 Å². The molecule has 1 spiro atoms. The van der Waals surface area contributed by atoms with Gasteiger partial charge in [0, 0.05) is 40.4 Å². The Balaban J connectivity index is 1.05. The Hall–Kier alpha value is -7.26. The minimum Gasteiger partial charge on any atom is -0.463 e. The van der Waals surface area contributed by atoms with E-state index in [1.165, 1.54) is 64.6 Å². The number of rotatable bonds is 0. The van der Waals surface area contributed by atoms with Crippen LogP contribution in [0.5, 0.6) is 5.75 Å². The Bertz CT molecular complexity index is 3480. The molecule has 1 atom stereocenters. The van der Waals surface area contributed by atoms with Gasteiger partial charge in [-0.2, -0.15) is 0 Å². The van der Waals surface area contributed by atoms with E-state index in [0.29, 0.717) is 0 Å². The fourth-order valence-corrected chi connectivity index (χ4v) is 10.1. The van der Waals surface area contributed by atoms with Crippen LogP contribution in [-0.4, -0.2) is 12.8 Å². The maximum atomic E-state index is 7.11. The van der Waals surface area contributed by atoms with Gasteiger partial charge in [0.1, 0.15) is 5.75 Å². The largest absolute Gasteiger partial charge is 0.463 e. The minimum atomic E-state index is -0.794. The van der Waals surface area contributed by atoms with Gasteiger partial charge in [-0.05, 0) is 121 Å². The lowest BCUT2D eigenvalue weighted by atomic mass is 9.74. The highest BCUT2D eigenvalue weighted by Gasteiger charge is 2.59. The number of ether oxygens (including phenoxy) is 1. The van der Waals surface area contributed by atoms with Crippen LogP contribution in [0, 0.1) is 23.7 Å². The second-order valence-electron chi connectivity index (χ2n) is 16.2. The number of hydrogen-bond acceptors (Lipinski definition) is 2. The van der Waals surface area contributed by atoms with Crippen LogP contribution in [0.4, 0.5) is 5.69 Å². The molecule has 2 aliphatic rings. The molecule has 0 fully saturated rings. The summed E-state index contributed by atoms with van der Waals surface area (Å²) >= 11 is 0. The highest BCUT2D eigenvalue weighted by molar-refractivity contribution is 6.25. The molecule has 0 saturated carbocycles. The van der Waals surface area contributed by atoms with Crippen LogP contribution < -0.4 is 9.64 Å². The van der Waals surface area contributed by atoms with E-state index in [2.05, 4.69) is 201 Å². The zero-order valence-electron chi connectivity index (χ0n) is 31.9. The van der Waals surface area contributed by atoms with Crippen LogP contribution in [0.3, 0.4) is 0 Å². The molecule has 2 heteroatoms. The predicted molar refractivity (Wildman–Crippen MR) is 239 cm³/mol. The number of anilines is 1. The molecule has 2 aliphatic heterocycles. The third-order valence-corrected chi connectivity index (χ3v) is 12.9. The Morgan fingerprint density at radius 2 is 0.912 bits per heavy atom. The number of fused-ring (bicyclic) bond motifs is 2. The molecular weight excluding hydrogens is 691 g/mol. The van der Waals surface area contributed by atoms with Crippen molar-refractivity contribution >= 4 is 76.4 Å². The van der Waals surface area contributed by atoms with Crippen molar-refractivity contribution < 1.29 is 4.74 Å². The molecule has 10 aromatic carbocycles. The van der Waals surface area contributed by atoms with Crippen LogP contribution in [0.2, 0.25) is 0 Å². The second-order valence-corrected chi connectivity index (χ2v) is 16.2. The standard InChI is InChI=1S/C55H35NO/c1-54(2)52-43(24-16-34-14-18-41-22-20-37-9-6-11-39-28-30-45(34)50(41)48(37)39)25-27-44(53(52)56(3)55(54)33-32-36-8-4-5-13-47(36)57-55)26-17-35-15-19-42-23-21-38-10-7-12-40-29-31-46(35)51(42)49(38)40/h4-15,18-23,25,27-33H,1-3H3. The summed E-state index contributed by atoms with van der Waals surface area (Å²) < 4.78 is 7.11. The highest BCUT2D eigenvalue weighted by Crippen LogP contribution is 2.56. The van der Waals surface area contributed by atoms with E-state index in [1.54, 1.807) is 0 Å². The lowest BCUT2D eigenvalue weighted by Gasteiger charge is -2.45. The molecule has 0 amide bonds. The number of hydrogen-bond donors (Lipinski definition) is 0. The first-order valence-electron chi connectivity index (χ1n) is 19.7. The molecule has 10 aromatic rings. The molecule has 0 aliphatic carbocycles. The van der Waals surface area contributed by atoms with Crippen LogP contribution in [0.25, 0.3) is 70.7 Å². The maximum absolute atomic E-state index is 7.11. The number of likely N-dealkylation sites (N-methyl/N-ethyl adjacent to an activating group) is 1. The lowest BCUT2D eigenvalue weighted by molar-refractivity contribution is 0.0581. The van der Waals surface area contributed by atoms with Crippen molar-refractivity contribution in [3.05, 3.63) is 185 Å². The van der Waals surface area contributed by atoms with E-state index in [0.717, 1.165) is 44.8 Å². The van der Waals surface area contributed by atoms with E-state index >= 15 is 0 Å². The topological polar surface area (TPSA) is 12.5 Å². The van der Waals surface area contributed by atoms with Gasteiger partial charge in [0.05, 0.1) is 11.1 Å². The molecule has 2 nitrogen and oxygen atoms in total. The summed E-state index contributed by atoms with van der Waals surface area (Å²) in [5.41, 5.74) is 5.94. The first-order valence-corrected chi connectivity index (χ1v) is 19.7. The number of benzene rings is 10. The molecular formula is C55H35NO. The van der Waals surface area contributed by atoms with Gasteiger partial charge in [0.2, 0.25) is 5.72 Å². The van der Waals surface area contributed by atoms with Gasteiger partial charge >= 0.3 is 0 Å². The van der Waals surface area contributed by atoms with Gasteiger partial charge in [0.15, 0.2) is 0 Å². The van der Waals surface area contributed by atoms with Crippen molar-refractivity contribution in [3.8, 4) is 29.4 Å². The van der Waals surface area contributed by atoms with Gasteiger partial charge in [0.25, 0.3) is 0 Å². The zero-order chi connectivity index (χ0) is 38.0. The normalized spacial score (nSPS) is 16.6. The summed E-state index contributed by atoms with van der Waals surface area (Å²) in [7, 11) is 2.14. The summed E-state index contributed by atoms with van der Waals surface area (Å²) in [6.45, 7) is 4.57. The van der Waals surface area contributed by atoms with Crippen molar-refractivity contribution in [2.45, 2.75) is 25.0 Å². The Labute approximate surface area is 331 Å². The fourth-order valence-electron chi connectivity index (χ4n) is 10.1. The SMILES string of the molecule is CN1c2c(C#Cc3ccc4ccc5cccc6ccc3c4c56)ccc(C#Cc3ccc4ccc5cccc6ccc3c4c56)c2C(C)(C)C12C=Cc1ccccc1O2. The molecule has 0 saturated heterocycles. The Morgan fingerprint density at radius 1 is 0.456 bits per heavy atom. The average molecular weight is 726 g/mol. The molecule has 2 heterocycles. The third kappa shape index (κ3) is 4.33. The molecule has 0 radical (unpaired) electrons. The van der Waals surface area contributed by atoms with E-state index in [9.17, 15) is 0 Å². The smallest absolute Gasteiger partial charge is 0.211 e. The van der Waals surface area contributed by atoms with E-state index in [1.807, 2.05) is 6.07 Å². The fraction of sp³-hybridized carbons (Fsp3) is 0.0909. The van der Waals surface area contributed by atoms with E-state index in [-0.39, 0.29) is 0 Å². The zero-order valence-corrected chi connectivity index (χ0v) is 31.9. The van der Waals surface area contributed by atoms with Crippen LogP contribution in [0.1, 0.15) is 47.2 Å². The molecule has 0 aromatic heterocycles. The minimum absolute atomic E-state index is 0.502. The quantitative estimate of drug-likeness (QED) is 0.114. The molecule has 1 unspecified atom stereocenters. The summed E-state index contributed by atoms with van der Waals surface area (Å²) in [5.74, 6) is 15.6. The van der Waals surface area contributed by atoms with Crippen molar-refractivity contribution in [2.24, 2.45) is 0 Å². The van der Waals surface area contributed by atoms with Crippen molar-refractivity contribution in [1.82, 2.24) is 0 Å². The molecule has 57 heavy (non-hydrogen) atoms. The first-order chi connectivity index (χ1) is 27.9. The first kappa shape index (κ1) is 32.0. The molecule has 266 valence electrons. The average Bonchev–Trinajstić information content (AvgIpc) is 3.41. The van der Waals surface area contributed by atoms with Gasteiger partial charge < -0.3 is 9.64 Å². The van der Waals surface area contributed by atoms with Crippen LogP contribution in [0.15, 0.2) is 152 Å². The molecule has 0 N–H and O–H groups in total. The van der Waals surface area contributed by atoms with Gasteiger partial charge in [-0.15, -0.1) is 0 Å². The highest BCUT2D eigenvalue weighted by atomic mass is 16.5. The van der Waals surface area contributed by atoms with E-state index < -0.39 is 11.1 Å². The maximum Gasteiger partial charge on any atom is 0.211 e. The predicted octanol–water partition coefficient (Wildman–Crippen LogP) is 12.8. The van der Waals surface area contributed by atoms with Crippen molar-refractivity contribution in [3.63, 3.8) is 0 Å². The monoisotopic (exact) mass is 725 g/mol. The van der Waals surface area contributed by atoms with E-state index in [4.69, 9.17) is 4.74 Å². The summed E-state index contributed by atoms with van der Waals surface area (Å²) in [6.07, 6.45) is 4.43. The Kier molecular flexibility index (Phi) is 6.40. The summed E-state index contributed by atoms with van der Waals surface area (Å²) in [4.78, 5) is 2.30. The number of para-hydroxylation sites is 1. The molecule has 12 rings (SSSR count). The summed E-state index contributed by atoms with van der Waals surface area (Å²) in [5, 5.41) is 15.0.